The summed E-state index contributed by atoms with van der Waals surface area (Å²) in [7, 11) is 2.03. The fourth-order valence-corrected chi connectivity index (χ4v) is 1.14. The quantitative estimate of drug-likeness (QED) is 0.722. The molecule has 1 atom stereocenters. The Balaban J connectivity index is 2.59. The van der Waals surface area contributed by atoms with Crippen molar-refractivity contribution >= 4 is 5.69 Å². The number of likely N-dealkylation sites (N-methyl/N-ethyl adjacent to an activating group) is 1. The van der Waals surface area contributed by atoms with Crippen molar-refractivity contribution in [1.82, 2.24) is 4.98 Å². The van der Waals surface area contributed by atoms with Gasteiger partial charge in [-0.05, 0) is 19.1 Å². The summed E-state index contributed by atoms with van der Waals surface area (Å²) in [5, 5.41) is 0. The largest absolute Gasteiger partial charge is 0.373 e. The minimum absolute atomic E-state index is 0.197. The molecule has 0 spiro atoms. The third kappa shape index (κ3) is 2.51. The monoisotopic (exact) mass is 165 g/mol. The minimum Gasteiger partial charge on any atom is -0.373 e. The van der Waals surface area contributed by atoms with E-state index in [2.05, 4.69) is 9.88 Å². The van der Waals surface area contributed by atoms with Crippen LogP contribution in [0.2, 0.25) is 0 Å². The number of nitrogens with two attached hydrogens (primary N) is 1. The van der Waals surface area contributed by atoms with Gasteiger partial charge in [-0.1, -0.05) is 0 Å². The molecule has 0 aromatic carbocycles. The maximum atomic E-state index is 5.67. The van der Waals surface area contributed by atoms with E-state index in [1.165, 1.54) is 0 Å². The van der Waals surface area contributed by atoms with Crippen LogP contribution in [0, 0.1) is 0 Å². The van der Waals surface area contributed by atoms with Crippen LogP contribution in [-0.4, -0.2) is 24.6 Å². The highest BCUT2D eigenvalue weighted by Gasteiger charge is 2.01. The van der Waals surface area contributed by atoms with Crippen molar-refractivity contribution in [2.24, 2.45) is 5.73 Å². The number of aromatic nitrogens is 1. The Hall–Kier alpha value is -1.09. The van der Waals surface area contributed by atoms with Gasteiger partial charge in [-0.15, -0.1) is 0 Å². The summed E-state index contributed by atoms with van der Waals surface area (Å²) in [4.78, 5) is 6.07. The number of rotatable bonds is 3. The lowest BCUT2D eigenvalue weighted by molar-refractivity contribution is 0.717. The molecule has 0 aliphatic heterocycles. The standard InChI is InChI=1S/C9H15N3/c1-8(10)7-12(2)9-3-5-11-6-4-9/h3-6,8H,7,10H2,1-2H3. The number of pyridine rings is 1. The summed E-state index contributed by atoms with van der Waals surface area (Å²) < 4.78 is 0. The molecular formula is C9H15N3. The first kappa shape index (κ1) is 9.00. The molecule has 3 nitrogen and oxygen atoms in total. The van der Waals surface area contributed by atoms with Crippen LogP contribution < -0.4 is 10.6 Å². The molecule has 1 aromatic rings. The molecule has 0 fully saturated rings. The first-order valence-corrected chi connectivity index (χ1v) is 4.07. The third-order valence-electron chi connectivity index (χ3n) is 1.67. The Morgan fingerprint density at radius 2 is 2.08 bits per heavy atom. The van der Waals surface area contributed by atoms with Crippen molar-refractivity contribution in [3.05, 3.63) is 24.5 Å². The SMILES string of the molecule is CC(N)CN(C)c1ccncc1. The molecule has 0 amide bonds. The topological polar surface area (TPSA) is 42.1 Å². The highest BCUT2D eigenvalue weighted by Crippen LogP contribution is 2.08. The first-order valence-electron chi connectivity index (χ1n) is 4.07. The van der Waals surface area contributed by atoms with Crippen LogP contribution in [0.5, 0.6) is 0 Å². The molecule has 1 aromatic heterocycles. The summed E-state index contributed by atoms with van der Waals surface area (Å²) in [6, 6.07) is 4.15. The van der Waals surface area contributed by atoms with Gasteiger partial charge in [-0.3, -0.25) is 4.98 Å². The molecule has 1 unspecified atom stereocenters. The normalized spacial score (nSPS) is 12.6. The molecule has 2 N–H and O–H groups in total. The summed E-state index contributed by atoms with van der Waals surface area (Å²) in [6.45, 7) is 2.86. The fraction of sp³-hybridized carbons (Fsp3) is 0.444. The molecule has 0 radical (unpaired) electrons. The van der Waals surface area contributed by atoms with Crippen LogP contribution in [0.15, 0.2) is 24.5 Å². The average Bonchev–Trinajstić information content (AvgIpc) is 2.05. The van der Waals surface area contributed by atoms with E-state index in [4.69, 9.17) is 5.73 Å². The second-order valence-electron chi connectivity index (χ2n) is 3.06. The van der Waals surface area contributed by atoms with Gasteiger partial charge in [-0.25, -0.2) is 0 Å². The van der Waals surface area contributed by atoms with Crippen LogP contribution >= 0.6 is 0 Å². The van der Waals surface area contributed by atoms with Gasteiger partial charge in [-0.2, -0.15) is 0 Å². The van der Waals surface area contributed by atoms with E-state index in [0.717, 1.165) is 12.2 Å². The summed E-state index contributed by atoms with van der Waals surface area (Å²) in [6.07, 6.45) is 3.57. The van der Waals surface area contributed by atoms with Crippen LogP contribution in [0.4, 0.5) is 5.69 Å². The lowest BCUT2D eigenvalue weighted by Gasteiger charge is -2.20. The lowest BCUT2D eigenvalue weighted by Crippen LogP contribution is -2.32. The number of hydrogen-bond acceptors (Lipinski definition) is 3. The van der Waals surface area contributed by atoms with Gasteiger partial charge in [0.25, 0.3) is 0 Å². The van der Waals surface area contributed by atoms with Crippen molar-refractivity contribution in [3.63, 3.8) is 0 Å². The molecule has 1 rings (SSSR count). The van der Waals surface area contributed by atoms with Crippen molar-refractivity contribution in [2.75, 3.05) is 18.5 Å². The van der Waals surface area contributed by atoms with Gasteiger partial charge in [0.2, 0.25) is 0 Å². The van der Waals surface area contributed by atoms with Crippen LogP contribution in [0.3, 0.4) is 0 Å². The predicted octanol–water partition coefficient (Wildman–Crippen LogP) is 0.865. The molecule has 0 saturated carbocycles. The molecule has 66 valence electrons. The van der Waals surface area contributed by atoms with Crippen LogP contribution in [0.25, 0.3) is 0 Å². The molecule has 3 heteroatoms. The second kappa shape index (κ2) is 4.07. The number of anilines is 1. The second-order valence-corrected chi connectivity index (χ2v) is 3.06. The Morgan fingerprint density at radius 1 is 1.50 bits per heavy atom. The van der Waals surface area contributed by atoms with Crippen LogP contribution in [-0.2, 0) is 0 Å². The number of nitrogens with zero attached hydrogens (tertiary/aromatic N) is 2. The molecule has 1 heterocycles. The zero-order valence-electron chi connectivity index (χ0n) is 7.57. The van der Waals surface area contributed by atoms with E-state index < -0.39 is 0 Å². The van der Waals surface area contributed by atoms with Crippen molar-refractivity contribution in [3.8, 4) is 0 Å². The van der Waals surface area contributed by atoms with E-state index in [1.807, 2.05) is 26.1 Å². The Labute approximate surface area is 73.2 Å². The van der Waals surface area contributed by atoms with Gasteiger partial charge in [0.1, 0.15) is 0 Å². The van der Waals surface area contributed by atoms with E-state index >= 15 is 0 Å². The van der Waals surface area contributed by atoms with E-state index in [9.17, 15) is 0 Å². The smallest absolute Gasteiger partial charge is 0.0395 e. The first-order chi connectivity index (χ1) is 5.70. The number of hydrogen-bond donors (Lipinski definition) is 1. The zero-order valence-corrected chi connectivity index (χ0v) is 7.57. The minimum atomic E-state index is 0.197. The fourth-order valence-electron chi connectivity index (χ4n) is 1.14. The van der Waals surface area contributed by atoms with Crippen molar-refractivity contribution < 1.29 is 0 Å². The highest BCUT2D eigenvalue weighted by atomic mass is 15.1. The highest BCUT2D eigenvalue weighted by molar-refractivity contribution is 5.43. The van der Waals surface area contributed by atoms with Crippen molar-refractivity contribution in [2.45, 2.75) is 13.0 Å². The van der Waals surface area contributed by atoms with E-state index in [-0.39, 0.29) is 6.04 Å². The van der Waals surface area contributed by atoms with E-state index in [0.29, 0.717) is 0 Å². The van der Waals surface area contributed by atoms with Gasteiger partial charge >= 0.3 is 0 Å². The van der Waals surface area contributed by atoms with Gasteiger partial charge < -0.3 is 10.6 Å². The zero-order chi connectivity index (χ0) is 8.97. The molecule has 0 aliphatic rings. The van der Waals surface area contributed by atoms with Gasteiger partial charge in [0.15, 0.2) is 0 Å². The lowest BCUT2D eigenvalue weighted by atomic mass is 10.3. The Bertz CT molecular complexity index is 220. The van der Waals surface area contributed by atoms with Crippen LogP contribution in [0.1, 0.15) is 6.92 Å². The Morgan fingerprint density at radius 3 is 2.58 bits per heavy atom. The molecule has 0 bridgehead atoms. The summed E-state index contributed by atoms with van der Waals surface area (Å²) in [5.41, 5.74) is 6.83. The predicted molar refractivity (Wildman–Crippen MR) is 51.2 cm³/mol. The van der Waals surface area contributed by atoms with E-state index in [1.54, 1.807) is 12.4 Å². The van der Waals surface area contributed by atoms with Gasteiger partial charge in [0, 0.05) is 37.7 Å². The molecule has 0 aliphatic carbocycles. The average molecular weight is 165 g/mol. The molecule has 12 heavy (non-hydrogen) atoms. The van der Waals surface area contributed by atoms with Gasteiger partial charge in [0.05, 0.1) is 0 Å². The van der Waals surface area contributed by atoms with Crippen molar-refractivity contribution in [1.29, 1.82) is 0 Å². The Kier molecular flexibility index (Phi) is 3.05. The maximum absolute atomic E-state index is 5.67. The third-order valence-corrected chi connectivity index (χ3v) is 1.67. The molecular weight excluding hydrogens is 150 g/mol. The summed E-state index contributed by atoms with van der Waals surface area (Å²) in [5.74, 6) is 0. The maximum Gasteiger partial charge on any atom is 0.0395 e. The molecule has 0 saturated heterocycles. The summed E-state index contributed by atoms with van der Waals surface area (Å²) >= 11 is 0.